The van der Waals surface area contributed by atoms with Gasteiger partial charge in [0.2, 0.25) is 5.88 Å². The lowest BCUT2D eigenvalue weighted by Crippen LogP contribution is -2.14. The topological polar surface area (TPSA) is 41.1 Å². The normalized spacial score (nSPS) is 11.3. The minimum absolute atomic E-state index is 0.597. The van der Waals surface area contributed by atoms with Crippen LogP contribution in [0.2, 0.25) is 5.02 Å². The summed E-state index contributed by atoms with van der Waals surface area (Å²) in [5, 5.41) is 1.87. The summed E-state index contributed by atoms with van der Waals surface area (Å²) in [6.45, 7) is 0.984. The molecule has 0 atom stereocenters. The van der Waals surface area contributed by atoms with Crippen LogP contribution in [0.5, 0.6) is 5.88 Å². The number of halogens is 1. The zero-order chi connectivity index (χ0) is 16.4. The first kappa shape index (κ1) is 15.8. The van der Waals surface area contributed by atoms with Gasteiger partial charge in [0.25, 0.3) is 0 Å². The van der Waals surface area contributed by atoms with E-state index in [0.717, 1.165) is 40.0 Å². The zero-order valence-corrected chi connectivity index (χ0v) is 14.3. The molecule has 1 N–H and O–H groups in total. The molecule has 0 aliphatic heterocycles. The Kier molecular flexibility index (Phi) is 4.55. The van der Waals surface area contributed by atoms with E-state index in [0.29, 0.717) is 5.88 Å². The van der Waals surface area contributed by atoms with E-state index in [1.165, 1.54) is 5.56 Å². The minimum Gasteiger partial charge on any atom is -0.481 e. The van der Waals surface area contributed by atoms with Gasteiger partial charge in [-0.15, -0.1) is 0 Å². The van der Waals surface area contributed by atoms with E-state index in [4.69, 9.17) is 16.3 Å². The SMILES string of the molecule is COc1ccc(-c2ccc3[nH]cc(CCN(C)C)c3c2Cl)cn1. The van der Waals surface area contributed by atoms with Crippen molar-refractivity contribution in [3.05, 3.63) is 47.2 Å². The van der Waals surface area contributed by atoms with Crippen LogP contribution in [0, 0.1) is 0 Å². The van der Waals surface area contributed by atoms with Crippen molar-refractivity contribution in [3.63, 3.8) is 0 Å². The first-order chi connectivity index (χ1) is 11.1. The number of likely N-dealkylation sites (N-methyl/N-ethyl adjacent to an activating group) is 1. The molecule has 2 heterocycles. The molecule has 0 saturated heterocycles. The number of hydrogen-bond donors (Lipinski definition) is 1. The fraction of sp³-hybridized carbons (Fsp3) is 0.278. The van der Waals surface area contributed by atoms with Crippen molar-refractivity contribution in [2.24, 2.45) is 0 Å². The standard InChI is InChI=1S/C18H20ClN3O/c1-22(2)9-8-13-11-20-15-6-5-14(18(19)17(13)15)12-4-7-16(23-3)21-10-12/h4-7,10-11,20H,8-9H2,1-3H3. The van der Waals surface area contributed by atoms with Crippen LogP contribution in [0.15, 0.2) is 36.7 Å². The molecule has 23 heavy (non-hydrogen) atoms. The van der Waals surface area contributed by atoms with Crippen LogP contribution in [-0.2, 0) is 6.42 Å². The summed E-state index contributed by atoms with van der Waals surface area (Å²) < 4.78 is 5.11. The van der Waals surface area contributed by atoms with Crippen LogP contribution in [0.1, 0.15) is 5.56 Å². The van der Waals surface area contributed by atoms with Crippen LogP contribution < -0.4 is 4.74 Å². The molecule has 3 rings (SSSR count). The summed E-state index contributed by atoms with van der Waals surface area (Å²) in [4.78, 5) is 9.75. The van der Waals surface area contributed by atoms with E-state index in [1.54, 1.807) is 13.3 Å². The summed E-state index contributed by atoms with van der Waals surface area (Å²) in [5.41, 5.74) is 4.27. The van der Waals surface area contributed by atoms with Gasteiger partial charge in [0.15, 0.2) is 0 Å². The first-order valence-corrected chi connectivity index (χ1v) is 7.91. The molecule has 0 aliphatic carbocycles. The predicted molar refractivity (Wildman–Crippen MR) is 95.3 cm³/mol. The van der Waals surface area contributed by atoms with Crippen molar-refractivity contribution in [1.82, 2.24) is 14.9 Å². The van der Waals surface area contributed by atoms with Gasteiger partial charge in [0, 0.05) is 47.0 Å². The second-order valence-electron chi connectivity index (χ2n) is 5.81. The highest BCUT2D eigenvalue weighted by Crippen LogP contribution is 2.36. The monoisotopic (exact) mass is 329 g/mol. The van der Waals surface area contributed by atoms with E-state index >= 15 is 0 Å². The van der Waals surface area contributed by atoms with Gasteiger partial charge in [-0.2, -0.15) is 0 Å². The molecule has 0 fully saturated rings. The van der Waals surface area contributed by atoms with Gasteiger partial charge in [0.05, 0.1) is 12.1 Å². The highest BCUT2D eigenvalue weighted by atomic mass is 35.5. The summed E-state index contributed by atoms with van der Waals surface area (Å²) in [5.74, 6) is 0.597. The molecule has 0 aliphatic rings. The smallest absolute Gasteiger partial charge is 0.212 e. The Morgan fingerprint density at radius 1 is 1.22 bits per heavy atom. The fourth-order valence-corrected chi connectivity index (χ4v) is 3.07. The number of nitrogens with one attached hydrogen (secondary N) is 1. The van der Waals surface area contributed by atoms with E-state index in [-0.39, 0.29) is 0 Å². The average Bonchev–Trinajstić information content (AvgIpc) is 2.97. The molecule has 5 heteroatoms. The Labute approximate surface area is 141 Å². The second kappa shape index (κ2) is 6.60. The molecule has 0 unspecified atom stereocenters. The molecule has 120 valence electrons. The number of ether oxygens (including phenoxy) is 1. The third kappa shape index (κ3) is 3.19. The number of benzene rings is 1. The summed E-state index contributed by atoms with van der Waals surface area (Å²) in [6, 6.07) is 7.92. The van der Waals surface area contributed by atoms with Crippen LogP contribution in [0.4, 0.5) is 0 Å². The zero-order valence-electron chi connectivity index (χ0n) is 13.6. The third-order valence-electron chi connectivity index (χ3n) is 3.95. The average molecular weight is 330 g/mol. The largest absolute Gasteiger partial charge is 0.481 e. The lowest BCUT2D eigenvalue weighted by atomic mass is 10.0. The number of pyridine rings is 1. The Morgan fingerprint density at radius 2 is 2.04 bits per heavy atom. The summed E-state index contributed by atoms with van der Waals surface area (Å²) in [6.07, 6.45) is 4.80. The molecule has 0 amide bonds. The maximum atomic E-state index is 6.72. The van der Waals surface area contributed by atoms with Gasteiger partial charge in [-0.3, -0.25) is 0 Å². The molecule has 0 saturated carbocycles. The predicted octanol–water partition coefficient (Wildman–Crippen LogP) is 4.00. The Hall–Kier alpha value is -2.04. The molecular weight excluding hydrogens is 310 g/mol. The van der Waals surface area contributed by atoms with Crippen LogP contribution in [0.3, 0.4) is 0 Å². The highest BCUT2D eigenvalue weighted by molar-refractivity contribution is 6.38. The fourth-order valence-electron chi connectivity index (χ4n) is 2.67. The molecule has 2 aromatic heterocycles. The quantitative estimate of drug-likeness (QED) is 0.769. The number of hydrogen-bond acceptors (Lipinski definition) is 3. The van der Waals surface area contributed by atoms with Gasteiger partial charge in [0.1, 0.15) is 0 Å². The maximum Gasteiger partial charge on any atom is 0.212 e. The van der Waals surface area contributed by atoms with Gasteiger partial charge in [-0.1, -0.05) is 17.7 Å². The van der Waals surface area contributed by atoms with Crippen molar-refractivity contribution < 1.29 is 4.74 Å². The number of aromatic amines is 1. The van der Waals surface area contributed by atoms with Crippen LogP contribution in [0.25, 0.3) is 22.0 Å². The number of nitrogens with zero attached hydrogens (tertiary/aromatic N) is 2. The molecule has 0 radical (unpaired) electrons. The number of methoxy groups -OCH3 is 1. The lowest BCUT2D eigenvalue weighted by Gasteiger charge is -2.10. The van der Waals surface area contributed by atoms with Gasteiger partial charge < -0.3 is 14.6 Å². The Bertz CT molecular complexity index is 809. The third-order valence-corrected chi connectivity index (χ3v) is 4.34. The second-order valence-corrected chi connectivity index (χ2v) is 6.18. The minimum atomic E-state index is 0.597. The number of aromatic nitrogens is 2. The molecule has 3 aromatic rings. The van der Waals surface area contributed by atoms with Gasteiger partial charge in [-0.25, -0.2) is 4.98 Å². The van der Waals surface area contributed by atoms with Crippen molar-refractivity contribution in [2.75, 3.05) is 27.7 Å². The maximum absolute atomic E-state index is 6.72. The molecule has 1 aromatic carbocycles. The highest BCUT2D eigenvalue weighted by Gasteiger charge is 2.13. The molecule has 4 nitrogen and oxygen atoms in total. The first-order valence-electron chi connectivity index (χ1n) is 7.53. The Morgan fingerprint density at radius 3 is 2.70 bits per heavy atom. The Balaban J connectivity index is 2.04. The summed E-state index contributed by atoms with van der Waals surface area (Å²) >= 11 is 6.72. The number of H-pyrrole nitrogens is 1. The molecular formula is C18H20ClN3O. The number of fused-ring (bicyclic) bond motifs is 1. The van der Waals surface area contributed by atoms with Crippen LogP contribution in [-0.4, -0.2) is 42.6 Å². The number of rotatable bonds is 5. The molecule has 0 spiro atoms. The van der Waals surface area contributed by atoms with E-state index in [2.05, 4.69) is 41.2 Å². The van der Waals surface area contributed by atoms with Crippen molar-refractivity contribution in [1.29, 1.82) is 0 Å². The summed E-state index contributed by atoms with van der Waals surface area (Å²) in [7, 11) is 5.76. The van der Waals surface area contributed by atoms with Crippen molar-refractivity contribution >= 4 is 22.5 Å². The van der Waals surface area contributed by atoms with E-state index in [1.807, 2.05) is 18.2 Å². The van der Waals surface area contributed by atoms with Gasteiger partial charge >= 0.3 is 0 Å². The van der Waals surface area contributed by atoms with E-state index < -0.39 is 0 Å². The van der Waals surface area contributed by atoms with Crippen molar-refractivity contribution in [2.45, 2.75) is 6.42 Å². The van der Waals surface area contributed by atoms with E-state index in [9.17, 15) is 0 Å². The lowest BCUT2D eigenvalue weighted by molar-refractivity contribution is 0.398. The molecule has 0 bridgehead atoms. The van der Waals surface area contributed by atoms with Gasteiger partial charge in [-0.05, 0) is 38.2 Å². The van der Waals surface area contributed by atoms with Crippen molar-refractivity contribution in [3.8, 4) is 17.0 Å². The van der Waals surface area contributed by atoms with Crippen LogP contribution >= 0.6 is 11.6 Å².